The summed E-state index contributed by atoms with van der Waals surface area (Å²) in [4.78, 5) is 25.1. The summed E-state index contributed by atoms with van der Waals surface area (Å²) in [6, 6.07) is 13.6. The Labute approximate surface area is 125 Å². The maximum Gasteiger partial charge on any atom is 0.269 e. The number of aromatic amines is 1. The number of anilines is 2. The van der Waals surface area contributed by atoms with E-state index in [9.17, 15) is 14.9 Å². The molecule has 0 aliphatic rings. The van der Waals surface area contributed by atoms with Crippen LogP contribution in [0, 0.1) is 10.1 Å². The van der Waals surface area contributed by atoms with E-state index in [2.05, 4.69) is 10.3 Å². The number of hydrogen-bond acceptors (Lipinski definition) is 4. The molecule has 1 heterocycles. The molecule has 6 heteroatoms. The number of carbonyl (C=O) groups excluding carboxylic acids is 1. The van der Waals surface area contributed by atoms with Crippen LogP contribution in [0.3, 0.4) is 0 Å². The van der Waals surface area contributed by atoms with Crippen LogP contribution in [0.2, 0.25) is 0 Å². The van der Waals surface area contributed by atoms with Gasteiger partial charge >= 0.3 is 0 Å². The van der Waals surface area contributed by atoms with Gasteiger partial charge in [0.05, 0.1) is 10.6 Å². The second-order valence-corrected chi connectivity index (χ2v) is 4.91. The van der Waals surface area contributed by atoms with E-state index in [1.54, 1.807) is 12.1 Å². The highest BCUT2D eigenvalue weighted by Gasteiger charge is 2.15. The number of nitrogens with one attached hydrogen (secondary N) is 2. The Morgan fingerprint density at radius 3 is 2.45 bits per heavy atom. The van der Waals surface area contributed by atoms with Gasteiger partial charge < -0.3 is 10.3 Å². The number of para-hydroxylation sites is 1. The van der Waals surface area contributed by atoms with E-state index < -0.39 is 4.92 Å². The monoisotopic (exact) mass is 295 g/mol. The maximum atomic E-state index is 11.8. The van der Waals surface area contributed by atoms with E-state index >= 15 is 0 Å². The molecule has 0 fully saturated rings. The number of rotatable bonds is 4. The molecular weight excluding hydrogens is 282 g/mol. The van der Waals surface area contributed by atoms with Gasteiger partial charge in [-0.2, -0.15) is 0 Å². The molecule has 0 aliphatic heterocycles. The highest BCUT2D eigenvalue weighted by atomic mass is 16.6. The van der Waals surface area contributed by atoms with Crippen LogP contribution in [0.25, 0.3) is 10.9 Å². The number of nitro groups is 1. The van der Waals surface area contributed by atoms with Crippen LogP contribution in [-0.4, -0.2) is 15.7 Å². The minimum Gasteiger partial charge on any atom is -0.353 e. The second-order valence-electron chi connectivity index (χ2n) is 4.91. The van der Waals surface area contributed by atoms with Crippen LogP contribution in [-0.2, 0) is 0 Å². The third kappa shape index (κ3) is 2.42. The SMILES string of the molecule is CC(=O)c1[nH]c2ccccc2c1Nc1ccc([N+](=O)[O-])cc1. The first-order chi connectivity index (χ1) is 10.6. The third-order valence-electron chi connectivity index (χ3n) is 3.41. The molecule has 6 nitrogen and oxygen atoms in total. The average molecular weight is 295 g/mol. The number of ketones is 1. The Balaban J connectivity index is 2.04. The molecule has 0 amide bonds. The molecule has 22 heavy (non-hydrogen) atoms. The number of aromatic nitrogens is 1. The van der Waals surface area contributed by atoms with Gasteiger partial charge in [0, 0.05) is 35.6 Å². The van der Waals surface area contributed by atoms with Gasteiger partial charge in [0.2, 0.25) is 0 Å². The Hall–Kier alpha value is -3.15. The van der Waals surface area contributed by atoms with Gasteiger partial charge in [-0.1, -0.05) is 18.2 Å². The van der Waals surface area contributed by atoms with Crippen molar-refractivity contribution in [1.29, 1.82) is 0 Å². The summed E-state index contributed by atoms with van der Waals surface area (Å²) in [7, 11) is 0. The zero-order valence-electron chi connectivity index (χ0n) is 11.8. The molecule has 1 aromatic heterocycles. The molecule has 0 atom stereocenters. The molecule has 0 aliphatic carbocycles. The number of nitro benzene ring substituents is 1. The summed E-state index contributed by atoms with van der Waals surface area (Å²) in [5, 5.41) is 14.7. The Morgan fingerprint density at radius 1 is 1.14 bits per heavy atom. The summed E-state index contributed by atoms with van der Waals surface area (Å²) < 4.78 is 0. The van der Waals surface area contributed by atoms with Gasteiger partial charge in [0.25, 0.3) is 5.69 Å². The van der Waals surface area contributed by atoms with Crippen LogP contribution in [0.4, 0.5) is 17.1 Å². The maximum absolute atomic E-state index is 11.8. The van der Waals surface area contributed by atoms with Crippen molar-refractivity contribution in [2.75, 3.05) is 5.32 Å². The number of benzene rings is 2. The van der Waals surface area contributed by atoms with Crippen molar-refractivity contribution in [3.63, 3.8) is 0 Å². The van der Waals surface area contributed by atoms with Gasteiger partial charge in [-0.05, 0) is 18.2 Å². The first-order valence-electron chi connectivity index (χ1n) is 6.69. The van der Waals surface area contributed by atoms with Crippen molar-refractivity contribution in [2.45, 2.75) is 6.92 Å². The van der Waals surface area contributed by atoms with Gasteiger partial charge in [0.15, 0.2) is 5.78 Å². The number of carbonyl (C=O) groups is 1. The molecule has 3 aromatic rings. The predicted molar refractivity (Wildman–Crippen MR) is 84.7 cm³/mol. The number of hydrogen-bond donors (Lipinski definition) is 2. The van der Waals surface area contributed by atoms with E-state index in [1.165, 1.54) is 19.1 Å². The van der Waals surface area contributed by atoms with E-state index in [0.29, 0.717) is 17.1 Å². The summed E-state index contributed by atoms with van der Waals surface area (Å²) in [5.74, 6) is -0.0828. The lowest BCUT2D eigenvalue weighted by molar-refractivity contribution is -0.384. The van der Waals surface area contributed by atoms with Crippen molar-refractivity contribution in [3.8, 4) is 0 Å². The topological polar surface area (TPSA) is 88.0 Å². The third-order valence-corrected chi connectivity index (χ3v) is 3.41. The van der Waals surface area contributed by atoms with Crippen molar-refractivity contribution >= 4 is 33.7 Å². The van der Waals surface area contributed by atoms with E-state index in [-0.39, 0.29) is 11.5 Å². The molecule has 0 radical (unpaired) electrons. The molecule has 110 valence electrons. The Morgan fingerprint density at radius 2 is 1.82 bits per heavy atom. The van der Waals surface area contributed by atoms with Crippen LogP contribution >= 0.6 is 0 Å². The van der Waals surface area contributed by atoms with Crippen molar-refractivity contribution in [2.24, 2.45) is 0 Å². The van der Waals surface area contributed by atoms with E-state index in [1.807, 2.05) is 24.3 Å². The van der Waals surface area contributed by atoms with Crippen LogP contribution in [0.15, 0.2) is 48.5 Å². The molecule has 0 spiro atoms. The summed E-state index contributed by atoms with van der Waals surface area (Å²) >= 11 is 0. The zero-order chi connectivity index (χ0) is 15.7. The fourth-order valence-electron chi connectivity index (χ4n) is 2.35. The lowest BCUT2D eigenvalue weighted by atomic mass is 10.2. The van der Waals surface area contributed by atoms with Crippen molar-refractivity contribution < 1.29 is 9.72 Å². The van der Waals surface area contributed by atoms with Crippen molar-refractivity contribution in [1.82, 2.24) is 4.98 Å². The molecule has 0 saturated carbocycles. The summed E-state index contributed by atoms with van der Waals surface area (Å²) in [6.07, 6.45) is 0. The lowest BCUT2D eigenvalue weighted by Gasteiger charge is -2.07. The minimum absolute atomic E-state index is 0.0243. The van der Waals surface area contributed by atoms with Crippen molar-refractivity contribution in [3.05, 3.63) is 64.3 Å². The number of nitrogens with zero attached hydrogens (tertiary/aromatic N) is 1. The van der Waals surface area contributed by atoms with E-state index in [0.717, 1.165) is 10.9 Å². The number of Topliss-reactive ketones (excluding diaryl/α,β-unsaturated/α-hetero) is 1. The first-order valence-corrected chi connectivity index (χ1v) is 6.69. The van der Waals surface area contributed by atoms with E-state index in [4.69, 9.17) is 0 Å². The molecule has 2 N–H and O–H groups in total. The predicted octanol–water partition coefficient (Wildman–Crippen LogP) is 4.02. The number of H-pyrrole nitrogens is 1. The van der Waals surface area contributed by atoms with Crippen LogP contribution < -0.4 is 5.32 Å². The minimum atomic E-state index is -0.448. The molecule has 2 aromatic carbocycles. The fraction of sp³-hybridized carbons (Fsp3) is 0.0625. The zero-order valence-corrected chi connectivity index (χ0v) is 11.8. The average Bonchev–Trinajstić information content (AvgIpc) is 2.87. The standard InChI is InChI=1S/C16H13N3O3/c1-10(20)15-16(13-4-2-3-5-14(13)18-15)17-11-6-8-12(9-7-11)19(21)22/h2-9,17-18H,1H3. The largest absolute Gasteiger partial charge is 0.353 e. The molecule has 0 unspecified atom stereocenters. The molecular formula is C16H13N3O3. The molecule has 3 rings (SSSR count). The highest BCUT2D eigenvalue weighted by molar-refractivity contribution is 6.09. The summed E-state index contributed by atoms with van der Waals surface area (Å²) in [6.45, 7) is 1.49. The van der Waals surface area contributed by atoms with Gasteiger partial charge in [-0.15, -0.1) is 0 Å². The fourth-order valence-corrected chi connectivity index (χ4v) is 2.35. The van der Waals surface area contributed by atoms with Gasteiger partial charge in [-0.25, -0.2) is 0 Å². The smallest absolute Gasteiger partial charge is 0.269 e. The highest BCUT2D eigenvalue weighted by Crippen LogP contribution is 2.31. The Kier molecular flexibility index (Phi) is 3.34. The quantitative estimate of drug-likeness (QED) is 0.432. The Bertz CT molecular complexity index is 866. The van der Waals surface area contributed by atoms with Gasteiger partial charge in [-0.3, -0.25) is 14.9 Å². The second kappa shape index (κ2) is 5.33. The first kappa shape index (κ1) is 13.8. The number of non-ortho nitro benzene ring substituents is 1. The number of fused-ring (bicyclic) bond motifs is 1. The van der Waals surface area contributed by atoms with Crippen LogP contribution in [0.5, 0.6) is 0 Å². The molecule has 0 bridgehead atoms. The normalized spacial score (nSPS) is 10.6. The molecule has 0 saturated heterocycles. The summed E-state index contributed by atoms with van der Waals surface area (Å²) in [5.41, 5.74) is 2.72. The van der Waals surface area contributed by atoms with Crippen LogP contribution in [0.1, 0.15) is 17.4 Å². The lowest BCUT2D eigenvalue weighted by Crippen LogP contribution is -1.99. The van der Waals surface area contributed by atoms with Gasteiger partial charge in [0.1, 0.15) is 5.69 Å².